The van der Waals surface area contributed by atoms with Crippen LogP contribution in [-0.2, 0) is 5.54 Å². The number of fused-ring (bicyclic) bond motifs is 1. The molecule has 23 heavy (non-hydrogen) atoms. The zero-order chi connectivity index (χ0) is 16.6. The summed E-state index contributed by atoms with van der Waals surface area (Å²) < 4.78 is 26.0. The van der Waals surface area contributed by atoms with Crippen molar-refractivity contribution in [3.63, 3.8) is 0 Å². The zero-order valence-corrected chi connectivity index (χ0v) is 13.4. The number of nitrogens with zero attached hydrogens (tertiary/aromatic N) is 4. The Balaban J connectivity index is 2.03. The van der Waals surface area contributed by atoms with Gasteiger partial charge >= 0.3 is 0 Å². The summed E-state index contributed by atoms with van der Waals surface area (Å²) in [5.41, 5.74) is 0.462. The second-order valence-electron chi connectivity index (χ2n) is 6.04. The topological polar surface area (TPSA) is 62.1 Å². The van der Waals surface area contributed by atoms with Crippen molar-refractivity contribution in [2.75, 3.05) is 7.11 Å². The summed E-state index contributed by atoms with van der Waals surface area (Å²) in [6, 6.07) is 4.27. The Labute approximate surface area is 132 Å². The van der Waals surface area contributed by atoms with Crippen LogP contribution in [0.3, 0.4) is 0 Å². The lowest BCUT2D eigenvalue weighted by molar-refractivity contribution is 0.365. The lowest BCUT2D eigenvalue weighted by Gasteiger charge is -2.19. The van der Waals surface area contributed by atoms with Gasteiger partial charge in [0.1, 0.15) is 17.5 Å². The fraction of sp³-hybridized carbons (Fsp3) is 0.312. The van der Waals surface area contributed by atoms with E-state index in [1.807, 2.05) is 25.5 Å². The standard InChI is InChI=1S/C16H17FN4O2/c1-16(2,3)21-14-11(8-20-21)15(19-9-18-14)23-10-5-6-12(17)13(7-10)22-4/h5-9H,1-4H3. The molecule has 1 aromatic carbocycles. The van der Waals surface area contributed by atoms with Crippen molar-refractivity contribution in [2.24, 2.45) is 0 Å². The first kappa shape index (κ1) is 15.2. The highest BCUT2D eigenvalue weighted by molar-refractivity contribution is 5.80. The molecule has 0 amide bonds. The fourth-order valence-electron chi connectivity index (χ4n) is 2.21. The first-order valence-corrected chi connectivity index (χ1v) is 7.11. The number of rotatable bonds is 3. The summed E-state index contributed by atoms with van der Waals surface area (Å²) >= 11 is 0. The molecule has 7 heteroatoms. The molecule has 3 rings (SSSR count). The van der Waals surface area contributed by atoms with E-state index in [-0.39, 0.29) is 11.3 Å². The summed E-state index contributed by atoms with van der Waals surface area (Å²) in [6.07, 6.45) is 3.08. The predicted octanol–water partition coefficient (Wildman–Crippen LogP) is 3.52. The lowest BCUT2D eigenvalue weighted by Crippen LogP contribution is -2.23. The van der Waals surface area contributed by atoms with Gasteiger partial charge in [-0.25, -0.2) is 19.0 Å². The van der Waals surface area contributed by atoms with Crippen LogP contribution in [0.15, 0.2) is 30.7 Å². The minimum Gasteiger partial charge on any atom is -0.494 e. The number of ether oxygens (including phenoxy) is 2. The molecule has 0 N–H and O–H groups in total. The molecule has 0 atom stereocenters. The minimum absolute atomic E-state index is 0.109. The molecule has 6 nitrogen and oxygen atoms in total. The van der Waals surface area contributed by atoms with E-state index in [9.17, 15) is 4.39 Å². The lowest BCUT2D eigenvalue weighted by atomic mass is 10.1. The fourth-order valence-corrected chi connectivity index (χ4v) is 2.21. The molecule has 2 aromatic heterocycles. The number of hydrogen-bond acceptors (Lipinski definition) is 5. The predicted molar refractivity (Wildman–Crippen MR) is 83.3 cm³/mol. The maximum absolute atomic E-state index is 13.5. The van der Waals surface area contributed by atoms with Crippen LogP contribution in [0.4, 0.5) is 4.39 Å². The van der Waals surface area contributed by atoms with Gasteiger partial charge in [-0.15, -0.1) is 0 Å². The molecule has 0 aliphatic rings. The van der Waals surface area contributed by atoms with Gasteiger partial charge in [-0.05, 0) is 32.9 Å². The summed E-state index contributed by atoms with van der Waals surface area (Å²) in [6.45, 7) is 6.10. The van der Waals surface area contributed by atoms with E-state index in [2.05, 4.69) is 15.1 Å². The summed E-state index contributed by atoms with van der Waals surface area (Å²) in [5, 5.41) is 5.05. The molecular weight excluding hydrogens is 299 g/mol. The number of methoxy groups -OCH3 is 1. The summed E-state index contributed by atoms with van der Waals surface area (Å²) in [7, 11) is 1.40. The van der Waals surface area contributed by atoms with Gasteiger partial charge in [0.2, 0.25) is 5.88 Å². The smallest absolute Gasteiger partial charge is 0.233 e. The minimum atomic E-state index is -0.451. The Bertz CT molecular complexity index is 855. The second-order valence-corrected chi connectivity index (χ2v) is 6.04. The van der Waals surface area contributed by atoms with Gasteiger partial charge in [0, 0.05) is 6.07 Å². The molecule has 0 aliphatic carbocycles. The van der Waals surface area contributed by atoms with Gasteiger partial charge in [-0.1, -0.05) is 0 Å². The zero-order valence-electron chi connectivity index (χ0n) is 13.4. The monoisotopic (exact) mass is 316 g/mol. The van der Waals surface area contributed by atoms with Gasteiger partial charge in [-0.2, -0.15) is 5.10 Å². The third kappa shape index (κ3) is 2.81. The molecule has 0 unspecified atom stereocenters. The highest BCUT2D eigenvalue weighted by Crippen LogP contribution is 2.31. The van der Waals surface area contributed by atoms with Crippen molar-refractivity contribution < 1.29 is 13.9 Å². The maximum atomic E-state index is 13.5. The molecule has 3 aromatic rings. The van der Waals surface area contributed by atoms with Crippen LogP contribution in [0, 0.1) is 5.82 Å². The Morgan fingerprint density at radius 2 is 1.96 bits per heavy atom. The van der Waals surface area contributed by atoms with Crippen molar-refractivity contribution in [2.45, 2.75) is 26.3 Å². The normalized spacial score (nSPS) is 11.7. The average Bonchev–Trinajstić information content (AvgIpc) is 2.94. The van der Waals surface area contributed by atoms with Crippen molar-refractivity contribution in [3.05, 3.63) is 36.5 Å². The molecule has 0 saturated carbocycles. The number of benzene rings is 1. The molecule has 2 heterocycles. The molecule has 0 bridgehead atoms. The van der Waals surface area contributed by atoms with Crippen LogP contribution >= 0.6 is 0 Å². The van der Waals surface area contributed by atoms with Crippen LogP contribution in [0.1, 0.15) is 20.8 Å². The van der Waals surface area contributed by atoms with E-state index in [1.54, 1.807) is 6.20 Å². The van der Waals surface area contributed by atoms with Crippen molar-refractivity contribution in [1.82, 2.24) is 19.7 Å². The van der Waals surface area contributed by atoms with Gasteiger partial charge < -0.3 is 9.47 Å². The molecule has 0 fully saturated rings. The highest BCUT2D eigenvalue weighted by Gasteiger charge is 2.20. The molecule has 0 saturated heterocycles. The largest absolute Gasteiger partial charge is 0.494 e. The molecular formula is C16H17FN4O2. The van der Waals surface area contributed by atoms with E-state index in [0.29, 0.717) is 22.7 Å². The van der Waals surface area contributed by atoms with Gasteiger partial charge in [-0.3, -0.25) is 0 Å². The number of halogens is 1. The van der Waals surface area contributed by atoms with Crippen molar-refractivity contribution in [3.8, 4) is 17.4 Å². The van der Waals surface area contributed by atoms with Crippen LogP contribution in [0.5, 0.6) is 17.4 Å². The summed E-state index contributed by atoms with van der Waals surface area (Å²) in [5.74, 6) is 0.442. The van der Waals surface area contributed by atoms with Crippen molar-refractivity contribution >= 4 is 11.0 Å². The van der Waals surface area contributed by atoms with Crippen LogP contribution in [0.2, 0.25) is 0 Å². The molecule has 0 radical (unpaired) electrons. The van der Waals surface area contributed by atoms with Gasteiger partial charge in [0.25, 0.3) is 0 Å². The van der Waals surface area contributed by atoms with Crippen LogP contribution < -0.4 is 9.47 Å². The Kier molecular flexibility index (Phi) is 3.63. The van der Waals surface area contributed by atoms with Crippen molar-refractivity contribution in [1.29, 1.82) is 0 Å². The Morgan fingerprint density at radius 3 is 2.65 bits per heavy atom. The third-order valence-corrected chi connectivity index (χ3v) is 3.30. The van der Waals surface area contributed by atoms with Crippen LogP contribution in [-0.4, -0.2) is 26.9 Å². The van der Waals surface area contributed by atoms with Gasteiger partial charge in [0.05, 0.1) is 18.8 Å². The SMILES string of the molecule is COc1cc(Oc2ncnc3c2cnn3C(C)(C)C)ccc1F. The third-order valence-electron chi connectivity index (χ3n) is 3.30. The molecule has 0 spiro atoms. The van der Waals surface area contributed by atoms with Crippen LogP contribution in [0.25, 0.3) is 11.0 Å². The second kappa shape index (κ2) is 5.49. The Hall–Kier alpha value is -2.70. The summed E-state index contributed by atoms with van der Waals surface area (Å²) in [4.78, 5) is 8.44. The highest BCUT2D eigenvalue weighted by atomic mass is 19.1. The molecule has 0 aliphatic heterocycles. The first-order chi connectivity index (χ1) is 10.9. The number of aromatic nitrogens is 4. The maximum Gasteiger partial charge on any atom is 0.233 e. The number of hydrogen-bond donors (Lipinski definition) is 0. The first-order valence-electron chi connectivity index (χ1n) is 7.11. The van der Waals surface area contributed by atoms with E-state index in [0.717, 1.165) is 0 Å². The average molecular weight is 316 g/mol. The van der Waals surface area contributed by atoms with E-state index >= 15 is 0 Å². The Morgan fingerprint density at radius 1 is 1.17 bits per heavy atom. The molecule has 120 valence electrons. The van der Waals surface area contributed by atoms with E-state index in [1.165, 1.54) is 31.6 Å². The van der Waals surface area contributed by atoms with E-state index in [4.69, 9.17) is 9.47 Å². The van der Waals surface area contributed by atoms with E-state index < -0.39 is 5.82 Å². The quantitative estimate of drug-likeness (QED) is 0.740. The van der Waals surface area contributed by atoms with Gasteiger partial charge in [0.15, 0.2) is 17.2 Å².